The molecule has 0 heterocycles. The van der Waals surface area contributed by atoms with Gasteiger partial charge in [0, 0.05) is 23.0 Å². The van der Waals surface area contributed by atoms with Gasteiger partial charge in [0.05, 0.1) is 0 Å². The Balaban J connectivity index is 0.00000147. The van der Waals surface area contributed by atoms with Gasteiger partial charge < -0.3 is 11.1 Å². The zero-order valence-electron chi connectivity index (χ0n) is 11.4. The molecule has 1 aromatic rings. The number of hydrogen-bond acceptors (Lipinski definition) is 1. The Kier molecular flexibility index (Phi) is 5.49. The summed E-state index contributed by atoms with van der Waals surface area (Å²) in [6.45, 7) is 0.896. The summed E-state index contributed by atoms with van der Waals surface area (Å²) in [5.74, 6) is 1.98. The van der Waals surface area contributed by atoms with Crippen LogP contribution in [0.3, 0.4) is 0 Å². The highest BCUT2D eigenvalue weighted by Crippen LogP contribution is 2.41. The third-order valence-electron chi connectivity index (χ3n) is 4.15. The summed E-state index contributed by atoms with van der Waals surface area (Å²) >= 11 is 3.52. The number of nitrogens with zero attached hydrogens (tertiary/aromatic N) is 1. The van der Waals surface area contributed by atoms with E-state index in [2.05, 4.69) is 50.5 Å². The first kappa shape index (κ1) is 15.8. The van der Waals surface area contributed by atoms with Crippen LogP contribution in [0.5, 0.6) is 0 Å². The molecule has 2 aliphatic carbocycles. The minimum Gasteiger partial charge on any atom is -0.370 e. The zero-order valence-corrected chi connectivity index (χ0v) is 14.7. The first-order valence-corrected chi connectivity index (χ1v) is 7.83. The zero-order chi connectivity index (χ0) is 13.2. The number of hydrogen-bond donors (Lipinski definition) is 2. The van der Waals surface area contributed by atoms with E-state index in [4.69, 9.17) is 5.73 Å². The van der Waals surface area contributed by atoms with E-state index in [1.165, 1.54) is 24.8 Å². The molecule has 0 amide bonds. The van der Waals surface area contributed by atoms with Gasteiger partial charge in [0.1, 0.15) is 0 Å². The maximum absolute atomic E-state index is 5.94. The van der Waals surface area contributed by atoms with Crippen molar-refractivity contribution in [1.82, 2.24) is 5.32 Å². The third-order valence-corrected chi connectivity index (χ3v) is 4.64. The van der Waals surface area contributed by atoms with E-state index in [1.54, 1.807) is 0 Å². The van der Waals surface area contributed by atoms with Gasteiger partial charge in [-0.25, -0.2) is 0 Å². The lowest BCUT2D eigenvalue weighted by molar-refractivity contribution is 0.326. The maximum atomic E-state index is 5.94. The molecule has 0 spiro atoms. The van der Waals surface area contributed by atoms with E-state index in [0.29, 0.717) is 17.9 Å². The van der Waals surface area contributed by atoms with E-state index in [9.17, 15) is 0 Å². The van der Waals surface area contributed by atoms with E-state index >= 15 is 0 Å². The van der Waals surface area contributed by atoms with Crippen LogP contribution in [0, 0.1) is 5.92 Å². The molecule has 20 heavy (non-hydrogen) atoms. The average Bonchev–Trinajstić information content (AvgIpc) is 3.06. The lowest BCUT2D eigenvalue weighted by atomic mass is 9.86. The standard InChI is InChI=1S/C15H20BrN3.BrH/c16-12-6-2-5-11(7-12)13-8-14(13)19-15(17)18-9-10-3-1-4-10;/h2,5-7,10,13-14H,1,3-4,8-9H2,(H3,17,18,19);1H/t13-,14+;/m0./s1. The second-order valence-corrected chi connectivity index (χ2v) is 6.59. The van der Waals surface area contributed by atoms with Gasteiger partial charge >= 0.3 is 0 Å². The third kappa shape index (κ3) is 3.98. The molecule has 0 unspecified atom stereocenters. The van der Waals surface area contributed by atoms with Gasteiger partial charge in [-0.2, -0.15) is 0 Å². The van der Waals surface area contributed by atoms with Gasteiger partial charge in [-0.3, -0.25) is 4.99 Å². The first-order chi connectivity index (χ1) is 9.22. The summed E-state index contributed by atoms with van der Waals surface area (Å²) in [6, 6.07) is 8.97. The molecule has 3 rings (SSSR count). The van der Waals surface area contributed by atoms with E-state index in [0.717, 1.165) is 23.4 Å². The molecule has 2 saturated carbocycles. The number of halogens is 2. The molecule has 0 radical (unpaired) electrons. The Bertz CT molecular complexity index is 486. The molecule has 0 aromatic heterocycles. The normalized spacial score (nSPS) is 25.6. The molecule has 0 bridgehead atoms. The van der Waals surface area contributed by atoms with Gasteiger partial charge in [-0.1, -0.05) is 34.5 Å². The van der Waals surface area contributed by atoms with Crippen molar-refractivity contribution in [2.45, 2.75) is 37.6 Å². The van der Waals surface area contributed by atoms with E-state index in [1.807, 2.05) is 0 Å². The van der Waals surface area contributed by atoms with Gasteiger partial charge in [0.15, 0.2) is 5.96 Å². The van der Waals surface area contributed by atoms with Crippen LogP contribution in [0.4, 0.5) is 0 Å². The highest BCUT2D eigenvalue weighted by atomic mass is 79.9. The Labute approximate surface area is 139 Å². The molecule has 2 atom stereocenters. The molecular formula is C15H21Br2N3. The van der Waals surface area contributed by atoms with Crippen LogP contribution in [0.2, 0.25) is 0 Å². The summed E-state index contributed by atoms with van der Waals surface area (Å²) < 4.78 is 1.14. The van der Waals surface area contributed by atoms with Gasteiger partial charge in [-0.05, 0) is 42.9 Å². The van der Waals surface area contributed by atoms with Gasteiger partial charge in [0.25, 0.3) is 0 Å². The summed E-state index contributed by atoms with van der Waals surface area (Å²) in [5, 5.41) is 3.34. The van der Waals surface area contributed by atoms with Crippen LogP contribution in [-0.2, 0) is 0 Å². The monoisotopic (exact) mass is 401 g/mol. The van der Waals surface area contributed by atoms with E-state index < -0.39 is 0 Å². The van der Waals surface area contributed by atoms with Crippen LogP contribution in [0.1, 0.15) is 37.2 Å². The fourth-order valence-corrected chi connectivity index (χ4v) is 3.02. The first-order valence-electron chi connectivity index (χ1n) is 7.04. The van der Waals surface area contributed by atoms with Gasteiger partial charge in [0.2, 0.25) is 0 Å². The lowest BCUT2D eigenvalue weighted by Crippen LogP contribution is -2.35. The molecule has 3 N–H and O–H groups in total. The second kappa shape index (κ2) is 6.94. The molecule has 2 aliphatic rings. The Morgan fingerprint density at radius 1 is 1.40 bits per heavy atom. The number of rotatable bonds is 4. The van der Waals surface area contributed by atoms with Gasteiger partial charge in [-0.15, -0.1) is 17.0 Å². The molecule has 5 heteroatoms. The van der Waals surface area contributed by atoms with Crippen LogP contribution >= 0.6 is 32.9 Å². The molecule has 0 saturated heterocycles. The van der Waals surface area contributed by atoms with Crippen molar-refractivity contribution < 1.29 is 0 Å². The molecule has 3 nitrogen and oxygen atoms in total. The fourth-order valence-electron chi connectivity index (χ4n) is 2.60. The predicted octanol–water partition coefficient (Wildman–Crippen LogP) is 3.59. The predicted molar refractivity (Wildman–Crippen MR) is 92.6 cm³/mol. The second-order valence-electron chi connectivity index (χ2n) is 5.67. The Morgan fingerprint density at radius 2 is 2.20 bits per heavy atom. The largest absolute Gasteiger partial charge is 0.370 e. The molecular weight excluding hydrogens is 382 g/mol. The minimum absolute atomic E-state index is 0. The number of aliphatic imine (C=N–C) groups is 1. The molecule has 2 fully saturated rings. The highest BCUT2D eigenvalue weighted by molar-refractivity contribution is 9.10. The SMILES string of the molecule is Br.NC(=NCC1CCC1)N[C@@H]1C[C@H]1c1cccc(Br)c1. The quantitative estimate of drug-likeness (QED) is 0.597. The van der Waals surface area contributed by atoms with Crippen molar-refractivity contribution in [2.24, 2.45) is 16.6 Å². The van der Waals surface area contributed by atoms with Crippen LogP contribution < -0.4 is 11.1 Å². The maximum Gasteiger partial charge on any atom is 0.188 e. The smallest absolute Gasteiger partial charge is 0.188 e. The fraction of sp³-hybridized carbons (Fsp3) is 0.533. The van der Waals surface area contributed by atoms with Crippen LogP contribution in [0.25, 0.3) is 0 Å². The number of benzene rings is 1. The number of nitrogens with one attached hydrogen (secondary N) is 1. The summed E-state index contributed by atoms with van der Waals surface area (Å²) in [7, 11) is 0. The van der Waals surface area contributed by atoms with Crippen LogP contribution in [-0.4, -0.2) is 18.5 Å². The summed E-state index contributed by atoms with van der Waals surface area (Å²) in [6.07, 6.45) is 5.15. The lowest BCUT2D eigenvalue weighted by Gasteiger charge is -2.23. The van der Waals surface area contributed by atoms with Crippen molar-refractivity contribution >= 4 is 38.9 Å². The van der Waals surface area contributed by atoms with Crippen molar-refractivity contribution in [3.05, 3.63) is 34.3 Å². The summed E-state index contributed by atoms with van der Waals surface area (Å²) in [5.41, 5.74) is 7.32. The average molecular weight is 403 g/mol. The molecule has 110 valence electrons. The minimum atomic E-state index is 0. The van der Waals surface area contributed by atoms with Crippen molar-refractivity contribution in [1.29, 1.82) is 0 Å². The van der Waals surface area contributed by atoms with Crippen LogP contribution in [0.15, 0.2) is 33.7 Å². The highest BCUT2D eigenvalue weighted by Gasteiger charge is 2.38. The van der Waals surface area contributed by atoms with Crippen molar-refractivity contribution in [3.63, 3.8) is 0 Å². The van der Waals surface area contributed by atoms with Crippen molar-refractivity contribution in [3.8, 4) is 0 Å². The number of nitrogens with two attached hydrogens (primary N) is 1. The molecule has 0 aliphatic heterocycles. The molecule has 1 aromatic carbocycles. The van der Waals surface area contributed by atoms with Crippen molar-refractivity contribution in [2.75, 3.05) is 6.54 Å². The summed E-state index contributed by atoms with van der Waals surface area (Å²) in [4.78, 5) is 4.45. The Morgan fingerprint density at radius 3 is 2.85 bits per heavy atom. The van der Waals surface area contributed by atoms with E-state index in [-0.39, 0.29) is 17.0 Å². The topological polar surface area (TPSA) is 50.4 Å². The Hall–Kier alpha value is -0.550. The number of guanidine groups is 1.